The maximum absolute atomic E-state index is 13.9. The van der Waals surface area contributed by atoms with Gasteiger partial charge in [-0.3, -0.25) is 4.90 Å². The molecule has 3 aromatic rings. The van der Waals surface area contributed by atoms with Crippen LogP contribution in [0.4, 0.5) is 5.88 Å². The van der Waals surface area contributed by atoms with Crippen molar-refractivity contribution in [2.75, 3.05) is 57.4 Å². The number of aryl methyl sites for hydroxylation is 1. The smallest absolute Gasteiger partial charge is 0.243 e. The van der Waals surface area contributed by atoms with Crippen molar-refractivity contribution >= 4 is 15.9 Å². The topological polar surface area (TPSA) is 79.1 Å². The molecule has 2 heterocycles. The van der Waals surface area contributed by atoms with Crippen LogP contribution in [0.15, 0.2) is 64.0 Å². The Morgan fingerprint density at radius 2 is 1.64 bits per heavy atom. The fourth-order valence-corrected chi connectivity index (χ4v) is 5.82. The summed E-state index contributed by atoms with van der Waals surface area (Å²) in [6, 6.07) is 16.8. The van der Waals surface area contributed by atoms with E-state index in [4.69, 9.17) is 9.26 Å². The molecule has 9 heteroatoms. The second-order valence-electron chi connectivity index (χ2n) is 8.96. The monoisotopic (exact) mass is 512 g/mol. The molecule has 0 bridgehead atoms. The molecular weight excluding hydrogens is 476 g/mol. The van der Waals surface area contributed by atoms with Gasteiger partial charge in [-0.1, -0.05) is 53.2 Å². The van der Waals surface area contributed by atoms with E-state index in [1.54, 1.807) is 16.4 Å². The van der Waals surface area contributed by atoms with Gasteiger partial charge >= 0.3 is 0 Å². The first-order valence-electron chi connectivity index (χ1n) is 12.6. The molecule has 2 aromatic carbocycles. The predicted octanol–water partition coefficient (Wildman–Crippen LogP) is 4.02. The highest BCUT2D eigenvalue weighted by molar-refractivity contribution is 7.89. The van der Waals surface area contributed by atoms with Crippen LogP contribution in [0.3, 0.4) is 0 Å². The summed E-state index contributed by atoms with van der Waals surface area (Å²) in [5.74, 6) is 0.620. The van der Waals surface area contributed by atoms with E-state index < -0.39 is 10.0 Å². The van der Waals surface area contributed by atoms with Crippen LogP contribution in [0.25, 0.3) is 11.3 Å². The zero-order valence-electron chi connectivity index (χ0n) is 21.4. The van der Waals surface area contributed by atoms with Gasteiger partial charge in [0.1, 0.15) is 5.69 Å². The molecule has 36 heavy (non-hydrogen) atoms. The Morgan fingerprint density at radius 3 is 2.28 bits per heavy atom. The molecule has 8 nitrogen and oxygen atoms in total. The lowest BCUT2D eigenvalue weighted by atomic mass is 10.1. The number of ether oxygens (including phenoxy) is 1. The van der Waals surface area contributed by atoms with Gasteiger partial charge in [0.25, 0.3) is 0 Å². The van der Waals surface area contributed by atoms with Crippen LogP contribution >= 0.6 is 0 Å². The van der Waals surface area contributed by atoms with E-state index in [0.29, 0.717) is 37.9 Å². The Labute approximate surface area is 214 Å². The Bertz CT molecular complexity index is 1200. The standard InChI is InChI=1S/C27H36N4O4S/c1-4-30(5-2)27-25(26(28-35-27)23-9-7-6-8-10-23)21-31(16-15-29-17-19-34-20-18-29)36(32,33)24-13-11-22(3)12-14-24/h6-14H,4-5,15-21H2,1-3H3. The molecule has 1 saturated heterocycles. The number of rotatable bonds is 11. The largest absolute Gasteiger partial charge is 0.379 e. The minimum Gasteiger partial charge on any atom is -0.379 e. The normalized spacial score (nSPS) is 14.9. The number of aromatic nitrogens is 1. The summed E-state index contributed by atoms with van der Waals surface area (Å²) in [5, 5.41) is 4.41. The summed E-state index contributed by atoms with van der Waals surface area (Å²) in [6.45, 7) is 11.6. The van der Waals surface area contributed by atoms with Gasteiger partial charge in [0.05, 0.1) is 23.7 Å². The van der Waals surface area contributed by atoms with Crippen molar-refractivity contribution in [3.8, 4) is 11.3 Å². The first kappa shape index (κ1) is 26.3. The summed E-state index contributed by atoms with van der Waals surface area (Å²) >= 11 is 0. The lowest BCUT2D eigenvalue weighted by Crippen LogP contribution is -2.43. The van der Waals surface area contributed by atoms with Gasteiger partial charge in [-0.15, -0.1) is 0 Å². The zero-order valence-corrected chi connectivity index (χ0v) is 22.2. The molecule has 1 aliphatic heterocycles. The molecule has 0 amide bonds. The van der Waals surface area contributed by atoms with Crippen LogP contribution in [0.2, 0.25) is 0 Å². The third-order valence-corrected chi connectivity index (χ3v) is 8.49. The molecule has 0 atom stereocenters. The van der Waals surface area contributed by atoms with Crippen LogP contribution in [0.5, 0.6) is 0 Å². The Hall–Kier alpha value is -2.72. The van der Waals surface area contributed by atoms with E-state index in [1.165, 1.54) is 0 Å². The molecule has 4 rings (SSSR count). The van der Waals surface area contributed by atoms with E-state index in [1.807, 2.05) is 49.4 Å². The fraction of sp³-hybridized carbons (Fsp3) is 0.444. The first-order chi connectivity index (χ1) is 17.4. The Morgan fingerprint density at radius 1 is 0.972 bits per heavy atom. The average Bonchev–Trinajstić information content (AvgIpc) is 3.32. The van der Waals surface area contributed by atoms with Crippen molar-refractivity contribution in [2.45, 2.75) is 32.2 Å². The minimum atomic E-state index is -3.76. The van der Waals surface area contributed by atoms with E-state index in [-0.39, 0.29) is 11.4 Å². The maximum Gasteiger partial charge on any atom is 0.243 e. The summed E-state index contributed by atoms with van der Waals surface area (Å²) in [5.41, 5.74) is 3.37. The number of hydrogen-bond donors (Lipinski definition) is 0. The molecular formula is C27H36N4O4S. The van der Waals surface area contributed by atoms with E-state index >= 15 is 0 Å². The van der Waals surface area contributed by atoms with E-state index in [2.05, 4.69) is 28.8 Å². The lowest BCUT2D eigenvalue weighted by Gasteiger charge is -2.30. The van der Waals surface area contributed by atoms with Crippen molar-refractivity contribution in [3.05, 3.63) is 65.7 Å². The quantitative estimate of drug-likeness (QED) is 0.384. The first-order valence-corrected chi connectivity index (χ1v) is 14.0. The Kier molecular flexibility index (Phi) is 8.79. The molecule has 0 aliphatic carbocycles. The highest BCUT2D eigenvalue weighted by Crippen LogP contribution is 2.33. The average molecular weight is 513 g/mol. The van der Waals surface area contributed by atoms with E-state index in [9.17, 15) is 8.42 Å². The Balaban J connectivity index is 1.73. The van der Waals surface area contributed by atoms with Gasteiger partial charge in [-0.25, -0.2) is 8.42 Å². The summed E-state index contributed by atoms with van der Waals surface area (Å²) in [6.07, 6.45) is 0. The third kappa shape index (κ3) is 5.98. The summed E-state index contributed by atoms with van der Waals surface area (Å²) < 4.78 is 40.7. The second-order valence-corrected chi connectivity index (χ2v) is 10.9. The molecule has 1 fully saturated rings. The fourth-order valence-electron chi connectivity index (χ4n) is 4.42. The lowest BCUT2D eigenvalue weighted by molar-refractivity contribution is 0.0361. The summed E-state index contributed by atoms with van der Waals surface area (Å²) in [7, 11) is -3.76. The van der Waals surface area contributed by atoms with Gasteiger partial charge in [-0.05, 0) is 32.9 Å². The highest BCUT2D eigenvalue weighted by atomic mass is 32.2. The molecule has 0 unspecified atom stereocenters. The van der Waals surface area contributed by atoms with Crippen LogP contribution in [0.1, 0.15) is 25.0 Å². The van der Waals surface area contributed by atoms with Gasteiger partial charge in [0, 0.05) is 51.4 Å². The van der Waals surface area contributed by atoms with Gasteiger partial charge in [0.15, 0.2) is 0 Å². The number of morpholine rings is 1. The molecule has 1 aromatic heterocycles. The van der Waals surface area contributed by atoms with Crippen molar-refractivity contribution in [1.82, 2.24) is 14.4 Å². The van der Waals surface area contributed by atoms with Crippen molar-refractivity contribution in [1.29, 1.82) is 0 Å². The van der Waals surface area contributed by atoms with Crippen molar-refractivity contribution in [3.63, 3.8) is 0 Å². The second kappa shape index (κ2) is 12.0. The van der Waals surface area contributed by atoms with Gasteiger partial charge in [0.2, 0.25) is 15.9 Å². The number of sulfonamides is 1. The molecule has 0 radical (unpaired) electrons. The molecule has 0 saturated carbocycles. The maximum atomic E-state index is 13.9. The van der Waals surface area contributed by atoms with Gasteiger partial charge < -0.3 is 14.2 Å². The van der Waals surface area contributed by atoms with Crippen LogP contribution < -0.4 is 4.90 Å². The molecule has 1 aliphatic rings. The van der Waals surface area contributed by atoms with Crippen molar-refractivity contribution < 1.29 is 17.7 Å². The predicted molar refractivity (Wildman–Crippen MR) is 142 cm³/mol. The number of anilines is 1. The minimum absolute atomic E-state index is 0.167. The van der Waals surface area contributed by atoms with E-state index in [0.717, 1.165) is 42.9 Å². The molecule has 0 spiro atoms. The SMILES string of the molecule is CCN(CC)c1onc(-c2ccccc2)c1CN(CCN1CCOCC1)S(=O)(=O)c1ccc(C)cc1. The molecule has 194 valence electrons. The number of benzene rings is 2. The highest BCUT2D eigenvalue weighted by Gasteiger charge is 2.30. The zero-order chi connectivity index (χ0) is 25.5. The van der Waals surface area contributed by atoms with Crippen molar-refractivity contribution in [2.24, 2.45) is 0 Å². The van der Waals surface area contributed by atoms with Gasteiger partial charge in [-0.2, -0.15) is 4.31 Å². The summed E-state index contributed by atoms with van der Waals surface area (Å²) in [4.78, 5) is 4.61. The van der Waals surface area contributed by atoms with Crippen LogP contribution in [-0.4, -0.2) is 75.3 Å². The number of nitrogens with zero attached hydrogens (tertiary/aromatic N) is 4. The molecule has 0 N–H and O–H groups in total. The van der Waals surface area contributed by atoms with Crippen LogP contribution in [-0.2, 0) is 21.3 Å². The number of hydrogen-bond acceptors (Lipinski definition) is 7. The third-order valence-electron chi connectivity index (χ3n) is 6.63. The van der Waals surface area contributed by atoms with Crippen LogP contribution in [0, 0.1) is 6.92 Å².